The normalized spacial score (nSPS) is 12.5. The van der Waals surface area contributed by atoms with Gasteiger partial charge in [0.2, 0.25) is 0 Å². The largest absolute Gasteiger partial charge is 0.495 e. The molecule has 21 heavy (non-hydrogen) atoms. The first-order valence-electron chi connectivity index (χ1n) is 6.62. The average molecular weight is 294 g/mol. The van der Waals surface area contributed by atoms with Gasteiger partial charge >= 0.3 is 6.09 Å². The molecule has 0 aliphatic carbocycles. The molecule has 0 spiro atoms. The summed E-state index contributed by atoms with van der Waals surface area (Å²) in [5.41, 5.74) is 5.82. The van der Waals surface area contributed by atoms with E-state index in [-0.39, 0.29) is 5.78 Å². The number of rotatable bonds is 4. The van der Waals surface area contributed by atoms with Gasteiger partial charge in [-0.3, -0.25) is 10.1 Å². The van der Waals surface area contributed by atoms with Gasteiger partial charge in [-0.1, -0.05) is 0 Å². The van der Waals surface area contributed by atoms with Crippen molar-refractivity contribution in [3.8, 4) is 5.75 Å². The number of benzene rings is 1. The SMILES string of the molecule is COc1cc(C(=O)C(C)N)ccc1NC(=O)OC(C)(C)C. The van der Waals surface area contributed by atoms with E-state index >= 15 is 0 Å². The van der Waals surface area contributed by atoms with Crippen LogP contribution in [-0.2, 0) is 4.74 Å². The molecule has 0 fully saturated rings. The zero-order valence-electron chi connectivity index (χ0n) is 13.0. The standard InChI is InChI=1S/C15H22N2O4/c1-9(16)13(18)10-6-7-11(12(8-10)20-5)17-14(19)21-15(2,3)4/h6-9H,16H2,1-5H3,(H,17,19). The maximum Gasteiger partial charge on any atom is 0.412 e. The lowest BCUT2D eigenvalue weighted by Gasteiger charge is -2.20. The number of hydrogen-bond acceptors (Lipinski definition) is 5. The van der Waals surface area contributed by atoms with Gasteiger partial charge in [-0.2, -0.15) is 0 Å². The minimum Gasteiger partial charge on any atom is -0.495 e. The third-order valence-corrected chi connectivity index (χ3v) is 2.54. The summed E-state index contributed by atoms with van der Waals surface area (Å²) in [6.07, 6.45) is -0.591. The van der Waals surface area contributed by atoms with Gasteiger partial charge in [-0.05, 0) is 45.9 Å². The van der Waals surface area contributed by atoms with Crippen LogP contribution in [0.4, 0.5) is 10.5 Å². The summed E-state index contributed by atoms with van der Waals surface area (Å²) in [5.74, 6) is 0.171. The van der Waals surface area contributed by atoms with Crippen LogP contribution in [0.25, 0.3) is 0 Å². The third kappa shape index (κ3) is 5.07. The fourth-order valence-corrected chi connectivity index (χ4v) is 1.62. The second-order valence-electron chi connectivity index (χ2n) is 5.69. The number of hydrogen-bond donors (Lipinski definition) is 2. The van der Waals surface area contributed by atoms with Crippen molar-refractivity contribution in [3.05, 3.63) is 23.8 Å². The van der Waals surface area contributed by atoms with Gasteiger partial charge in [0.25, 0.3) is 0 Å². The molecule has 0 heterocycles. The van der Waals surface area contributed by atoms with Crippen LogP contribution in [0.15, 0.2) is 18.2 Å². The number of ketones is 1. The average Bonchev–Trinajstić information content (AvgIpc) is 2.35. The minimum absolute atomic E-state index is 0.197. The molecule has 6 heteroatoms. The Labute approximate surface area is 124 Å². The number of methoxy groups -OCH3 is 1. The molecule has 0 radical (unpaired) electrons. The van der Waals surface area contributed by atoms with E-state index in [4.69, 9.17) is 15.2 Å². The molecule has 0 aliphatic rings. The van der Waals surface area contributed by atoms with Gasteiger partial charge in [0.1, 0.15) is 11.4 Å². The van der Waals surface area contributed by atoms with E-state index in [0.29, 0.717) is 17.0 Å². The van der Waals surface area contributed by atoms with E-state index in [1.807, 2.05) is 0 Å². The lowest BCUT2D eigenvalue weighted by Crippen LogP contribution is -2.28. The number of carbonyl (C=O) groups excluding carboxylic acids is 2. The highest BCUT2D eigenvalue weighted by Crippen LogP contribution is 2.26. The molecule has 0 aliphatic heterocycles. The van der Waals surface area contributed by atoms with E-state index < -0.39 is 17.7 Å². The fraction of sp³-hybridized carbons (Fsp3) is 0.467. The van der Waals surface area contributed by atoms with E-state index in [1.54, 1.807) is 45.9 Å². The zero-order chi connectivity index (χ0) is 16.2. The molecule has 1 aromatic rings. The number of ether oxygens (including phenoxy) is 2. The highest BCUT2D eigenvalue weighted by atomic mass is 16.6. The summed E-state index contributed by atoms with van der Waals surface area (Å²) in [7, 11) is 1.45. The Morgan fingerprint density at radius 1 is 1.29 bits per heavy atom. The first-order chi connectivity index (χ1) is 9.64. The van der Waals surface area contributed by atoms with Crippen molar-refractivity contribution in [2.24, 2.45) is 5.73 Å². The molecule has 6 nitrogen and oxygen atoms in total. The molecule has 1 amide bonds. The van der Waals surface area contributed by atoms with Crippen LogP contribution in [0.2, 0.25) is 0 Å². The van der Waals surface area contributed by atoms with Crippen LogP contribution in [0.3, 0.4) is 0 Å². The second kappa shape index (κ2) is 6.58. The van der Waals surface area contributed by atoms with Gasteiger partial charge in [-0.25, -0.2) is 4.79 Å². The molecule has 1 aromatic carbocycles. The van der Waals surface area contributed by atoms with Crippen molar-refractivity contribution in [2.75, 3.05) is 12.4 Å². The van der Waals surface area contributed by atoms with Gasteiger partial charge in [-0.15, -0.1) is 0 Å². The fourth-order valence-electron chi connectivity index (χ4n) is 1.62. The second-order valence-corrected chi connectivity index (χ2v) is 5.69. The van der Waals surface area contributed by atoms with Gasteiger partial charge in [0.05, 0.1) is 18.8 Å². The van der Waals surface area contributed by atoms with Gasteiger partial charge in [0, 0.05) is 5.56 Å². The maximum atomic E-state index is 11.8. The van der Waals surface area contributed by atoms with Crippen molar-refractivity contribution < 1.29 is 19.1 Å². The molecular formula is C15H22N2O4. The van der Waals surface area contributed by atoms with Crippen molar-refractivity contribution in [2.45, 2.75) is 39.3 Å². The molecule has 116 valence electrons. The molecule has 0 bridgehead atoms. The summed E-state index contributed by atoms with van der Waals surface area (Å²) in [6, 6.07) is 4.11. The summed E-state index contributed by atoms with van der Waals surface area (Å²) in [5, 5.41) is 2.58. The smallest absolute Gasteiger partial charge is 0.412 e. The zero-order valence-corrected chi connectivity index (χ0v) is 13.0. The monoisotopic (exact) mass is 294 g/mol. The lowest BCUT2D eigenvalue weighted by molar-refractivity contribution is 0.0635. The number of carbonyl (C=O) groups is 2. The lowest BCUT2D eigenvalue weighted by atomic mass is 10.1. The van der Waals surface area contributed by atoms with Crippen LogP contribution >= 0.6 is 0 Å². The van der Waals surface area contributed by atoms with Crippen molar-refractivity contribution in [3.63, 3.8) is 0 Å². The Morgan fingerprint density at radius 3 is 2.38 bits per heavy atom. The topological polar surface area (TPSA) is 90.6 Å². The molecule has 3 N–H and O–H groups in total. The van der Waals surface area contributed by atoms with E-state index in [0.717, 1.165) is 0 Å². The van der Waals surface area contributed by atoms with E-state index in [9.17, 15) is 9.59 Å². The summed E-state index contributed by atoms with van der Waals surface area (Å²) in [4.78, 5) is 23.6. The van der Waals surface area contributed by atoms with E-state index in [2.05, 4.69) is 5.32 Å². The first-order valence-corrected chi connectivity index (χ1v) is 6.62. The molecule has 1 atom stereocenters. The van der Waals surface area contributed by atoms with Crippen LogP contribution < -0.4 is 15.8 Å². The van der Waals surface area contributed by atoms with Crippen LogP contribution in [0.1, 0.15) is 38.1 Å². The molecule has 0 aromatic heterocycles. The molecule has 1 rings (SSSR count). The van der Waals surface area contributed by atoms with Crippen molar-refractivity contribution >= 4 is 17.6 Å². The molecule has 0 saturated heterocycles. The molecular weight excluding hydrogens is 272 g/mol. The highest BCUT2D eigenvalue weighted by Gasteiger charge is 2.19. The summed E-state index contributed by atoms with van der Waals surface area (Å²) >= 11 is 0. The quantitative estimate of drug-likeness (QED) is 0.833. The highest BCUT2D eigenvalue weighted by molar-refractivity contribution is 6.01. The van der Waals surface area contributed by atoms with Crippen LogP contribution in [-0.4, -0.2) is 30.6 Å². The van der Waals surface area contributed by atoms with Gasteiger partial charge < -0.3 is 15.2 Å². The van der Waals surface area contributed by atoms with Crippen molar-refractivity contribution in [1.82, 2.24) is 0 Å². The Kier molecular flexibility index (Phi) is 5.32. The minimum atomic E-state index is -0.598. The number of anilines is 1. The third-order valence-electron chi connectivity index (χ3n) is 2.54. The Balaban J connectivity index is 2.94. The van der Waals surface area contributed by atoms with Gasteiger partial charge in [0.15, 0.2) is 5.78 Å². The number of Topliss-reactive ketones (excluding diaryl/α,β-unsaturated/α-hetero) is 1. The predicted octanol–water partition coefficient (Wildman–Crippen LogP) is 2.57. The first kappa shape index (κ1) is 17.0. The number of nitrogens with one attached hydrogen (secondary N) is 1. The number of amides is 1. The maximum absolute atomic E-state index is 11.8. The molecule has 1 unspecified atom stereocenters. The Morgan fingerprint density at radius 2 is 1.90 bits per heavy atom. The van der Waals surface area contributed by atoms with Crippen LogP contribution in [0, 0.1) is 0 Å². The summed E-state index contributed by atoms with van der Waals surface area (Å²) < 4.78 is 10.3. The van der Waals surface area contributed by atoms with Crippen LogP contribution in [0.5, 0.6) is 5.75 Å². The van der Waals surface area contributed by atoms with E-state index in [1.165, 1.54) is 7.11 Å². The predicted molar refractivity (Wildman–Crippen MR) is 80.8 cm³/mol. The van der Waals surface area contributed by atoms with Crippen molar-refractivity contribution in [1.29, 1.82) is 0 Å². The Bertz CT molecular complexity index is 533. The summed E-state index contributed by atoms with van der Waals surface area (Å²) in [6.45, 7) is 6.93. The number of nitrogens with two attached hydrogens (primary N) is 1. The Hall–Kier alpha value is -2.08. The molecule has 0 saturated carbocycles.